The summed E-state index contributed by atoms with van der Waals surface area (Å²) < 4.78 is 20.7. The highest BCUT2D eigenvalue weighted by atomic mass is 19.1. The second-order valence-electron chi connectivity index (χ2n) is 4.90. The van der Waals surface area contributed by atoms with Crippen LogP contribution in [0.5, 0.6) is 0 Å². The molecule has 9 heteroatoms. The molecule has 0 amide bonds. The van der Waals surface area contributed by atoms with Crippen molar-refractivity contribution in [2.24, 2.45) is 0 Å². The lowest BCUT2D eigenvalue weighted by Crippen LogP contribution is -2.44. The van der Waals surface area contributed by atoms with Crippen LogP contribution in [0.2, 0.25) is 0 Å². The van der Waals surface area contributed by atoms with E-state index in [0.717, 1.165) is 6.20 Å². The zero-order valence-corrected chi connectivity index (χ0v) is 10.8. The van der Waals surface area contributed by atoms with Gasteiger partial charge in [0.2, 0.25) is 0 Å². The van der Waals surface area contributed by atoms with E-state index in [1.807, 2.05) is 0 Å². The smallest absolute Gasteiger partial charge is 0.174 e. The minimum Gasteiger partial charge on any atom is -0.393 e. The molecule has 8 nitrogen and oxygen atoms in total. The van der Waals surface area contributed by atoms with Gasteiger partial charge in [-0.25, -0.2) is 14.4 Å². The first-order chi connectivity index (χ1) is 10.0. The molecule has 4 N–H and O–H groups in total. The van der Waals surface area contributed by atoms with Crippen molar-refractivity contribution in [2.75, 3.05) is 12.3 Å². The number of rotatable bonds is 3. The first-order valence-corrected chi connectivity index (χ1v) is 6.22. The zero-order chi connectivity index (χ0) is 15.2. The predicted molar refractivity (Wildman–Crippen MR) is 68.5 cm³/mol. The summed E-state index contributed by atoms with van der Waals surface area (Å²) in [6, 6.07) is 0. The third-order valence-electron chi connectivity index (χ3n) is 3.69. The minimum atomic E-state index is -1.71. The molecule has 0 spiro atoms. The number of hydrogen-bond donors (Lipinski definition) is 3. The number of aromatic nitrogens is 3. The van der Waals surface area contributed by atoms with Gasteiger partial charge in [0, 0.05) is 12.6 Å². The Kier molecular flexibility index (Phi) is 3.12. The molecule has 21 heavy (non-hydrogen) atoms. The zero-order valence-electron chi connectivity index (χ0n) is 10.8. The van der Waals surface area contributed by atoms with Crippen LogP contribution in [0.3, 0.4) is 0 Å². The van der Waals surface area contributed by atoms with Crippen LogP contribution in [0, 0.1) is 5.82 Å². The molecule has 3 heterocycles. The monoisotopic (exact) mass is 296 g/mol. The summed E-state index contributed by atoms with van der Waals surface area (Å²) in [7, 11) is 0. The summed E-state index contributed by atoms with van der Waals surface area (Å²) in [5, 5.41) is 19.2. The lowest BCUT2D eigenvalue weighted by molar-refractivity contribution is -0.151. The number of nitrogen functional groups attached to an aromatic ring is 1. The van der Waals surface area contributed by atoms with Crippen molar-refractivity contribution in [2.45, 2.75) is 24.4 Å². The average molecular weight is 296 g/mol. The van der Waals surface area contributed by atoms with Gasteiger partial charge < -0.3 is 25.3 Å². The van der Waals surface area contributed by atoms with Crippen LogP contribution in [-0.2, 0) is 9.53 Å². The predicted octanol–water partition coefficient (Wildman–Crippen LogP) is -0.638. The molecule has 3 atom stereocenters. The van der Waals surface area contributed by atoms with E-state index in [2.05, 4.69) is 9.97 Å². The van der Waals surface area contributed by atoms with Gasteiger partial charge in [0.25, 0.3) is 0 Å². The normalized spacial score (nSPS) is 29.1. The maximum absolute atomic E-state index is 14.0. The minimum absolute atomic E-state index is 0.00638. The summed E-state index contributed by atoms with van der Waals surface area (Å²) in [6.45, 7) is -0.674. The Bertz CT molecular complexity index is 706. The molecule has 0 radical (unpaired) electrons. The van der Waals surface area contributed by atoms with Gasteiger partial charge in [-0.3, -0.25) is 4.79 Å². The molecular weight excluding hydrogens is 283 g/mol. The number of carbonyl (C=O) groups is 1. The number of aliphatic hydroxyl groups is 2. The molecule has 1 aliphatic heterocycles. The number of anilines is 1. The number of nitrogens with two attached hydrogens (primary N) is 1. The van der Waals surface area contributed by atoms with Crippen LogP contribution in [-0.4, -0.2) is 49.3 Å². The Labute approximate surface area is 118 Å². The van der Waals surface area contributed by atoms with Crippen LogP contribution in [0.4, 0.5) is 10.2 Å². The molecule has 0 aliphatic carbocycles. The van der Waals surface area contributed by atoms with Crippen LogP contribution in [0.25, 0.3) is 11.0 Å². The summed E-state index contributed by atoms with van der Waals surface area (Å²) in [5.41, 5.74) is 4.09. The van der Waals surface area contributed by atoms with E-state index in [9.17, 15) is 19.4 Å². The Morgan fingerprint density at radius 3 is 3.00 bits per heavy atom. The molecular formula is C12H13FN4O4. The Morgan fingerprint density at radius 2 is 2.38 bits per heavy atom. The quantitative estimate of drug-likeness (QED) is 0.644. The molecule has 1 fully saturated rings. The van der Waals surface area contributed by atoms with Gasteiger partial charge in [-0.15, -0.1) is 0 Å². The third kappa shape index (κ3) is 1.89. The van der Waals surface area contributed by atoms with E-state index < -0.39 is 30.4 Å². The van der Waals surface area contributed by atoms with Gasteiger partial charge in [-0.05, 0) is 0 Å². The van der Waals surface area contributed by atoms with Crippen molar-refractivity contribution in [3.8, 4) is 0 Å². The van der Waals surface area contributed by atoms with E-state index in [-0.39, 0.29) is 23.3 Å². The van der Waals surface area contributed by atoms with Gasteiger partial charge in [-0.2, -0.15) is 0 Å². The van der Waals surface area contributed by atoms with Crippen molar-refractivity contribution >= 4 is 23.1 Å². The Hall–Kier alpha value is -2.10. The molecule has 0 bridgehead atoms. The average Bonchev–Trinajstić information content (AvgIpc) is 2.98. The van der Waals surface area contributed by atoms with Crippen molar-refractivity contribution in [1.82, 2.24) is 14.5 Å². The second-order valence-corrected chi connectivity index (χ2v) is 4.90. The van der Waals surface area contributed by atoms with Gasteiger partial charge in [0.1, 0.15) is 18.4 Å². The fourth-order valence-electron chi connectivity index (χ4n) is 2.51. The molecule has 1 aliphatic rings. The standard InChI is InChI=1S/C12H13FN4O4/c13-6-2-17(11-9(6)10(14)15-5-16-11)8-1-7(20)12(3-18,4-19)21-8/h2-3,5,7-8,19-20H,1,4H2,(H2,14,15,16)/t7-,8+,12+/m0/s1. The molecule has 112 valence electrons. The molecule has 2 aromatic heterocycles. The topological polar surface area (TPSA) is 123 Å². The maximum atomic E-state index is 14.0. The summed E-state index contributed by atoms with van der Waals surface area (Å²) in [4.78, 5) is 18.8. The van der Waals surface area contributed by atoms with Crippen molar-refractivity contribution in [3.05, 3.63) is 18.3 Å². The van der Waals surface area contributed by atoms with Crippen molar-refractivity contribution in [3.63, 3.8) is 0 Å². The van der Waals surface area contributed by atoms with Gasteiger partial charge in [0.05, 0.1) is 18.1 Å². The number of hydrogen-bond acceptors (Lipinski definition) is 7. The van der Waals surface area contributed by atoms with Gasteiger partial charge >= 0.3 is 0 Å². The summed E-state index contributed by atoms with van der Waals surface area (Å²) in [5.74, 6) is -0.646. The Balaban J connectivity index is 2.07. The van der Waals surface area contributed by atoms with Crippen LogP contribution >= 0.6 is 0 Å². The fourth-order valence-corrected chi connectivity index (χ4v) is 2.51. The molecule has 2 aromatic rings. The molecule has 0 aromatic carbocycles. The van der Waals surface area contributed by atoms with E-state index in [1.165, 1.54) is 10.9 Å². The molecule has 0 saturated carbocycles. The first kappa shape index (κ1) is 13.9. The second kappa shape index (κ2) is 4.72. The van der Waals surface area contributed by atoms with E-state index in [1.54, 1.807) is 0 Å². The molecule has 1 saturated heterocycles. The van der Waals surface area contributed by atoms with E-state index >= 15 is 0 Å². The largest absolute Gasteiger partial charge is 0.393 e. The van der Waals surface area contributed by atoms with Gasteiger partial charge in [0.15, 0.2) is 23.4 Å². The van der Waals surface area contributed by atoms with Crippen LogP contribution in [0.1, 0.15) is 12.6 Å². The number of aldehydes is 1. The lowest BCUT2D eigenvalue weighted by atomic mass is 10.00. The summed E-state index contributed by atoms with van der Waals surface area (Å²) >= 11 is 0. The number of halogens is 1. The van der Waals surface area contributed by atoms with Crippen LogP contribution in [0.15, 0.2) is 12.5 Å². The number of nitrogens with zero attached hydrogens (tertiary/aromatic N) is 3. The van der Waals surface area contributed by atoms with Gasteiger partial charge in [-0.1, -0.05) is 0 Å². The number of aliphatic hydroxyl groups excluding tert-OH is 2. The molecule has 3 rings (SSSR count). The number of carbonyl (C=O) groups excluding carboxylic acids is 1. The van der Waals surface area contributed by atoms with E-state index in [4.69, 9.17) is 10.5 Å². The highest BCUT2D eigenvalue weighted by Gasteiger charge is 2.49. The van der Waals surface area contributed by atoms with E-state index in [0.29, 0.717) is 6.29 Å². The van der Waals surface area contributed by atoms with Crippen LogP contribution < -0.4 is 5.73 Å². The number of fused-ring (bicyclic) bond motifs is 1. The SMILES string of the molecule is Nc1ncnc2c1c(F)cn2[C@H]1C[C@H](O)[C@@](C=O)(CO)O1. The van der Waals surface area contributed by atoms with Crippen molar-refractivity contribution < 1.29 is 24.1 Å². The third-order valence-corrected chi connectivity index (χ3v) is 3.69. The van der Waals surface area contributed by atoms with Crippen molar-refractivity contribution in [1.29, 1.82) is 0 Å². The summed E-state index contributed by atoms with van der Waals surface area (Å²) in [6.07, 6.45) is 0.599. The number of ether oxygens (including phenoxy) is 1. The highest BCUT2D eigenvalue weighted by Crippen LogP contribution is 2.38. The Morgan fingerprint density at radius 1 is 1.62 bits per heavy atom. The first-order valence-electron chi connectivity index (χ1n) is 6.22. The lowest BCUT2D eigenvalue weighted by Gasteiger charge is -2.23. The maximum Gasteiger partial charge on any atom is 0.174 e. The highest BCUT2D eigenvalue weighted by molar-refractivity contribution is 5.86. The fraction of sp³-hybridized carbons (Fsp3) is 0.417. The molecule has 0 unspecified atom stereocenters.